The van der Waals surface area contributed by atoms with Crippen molar-refractivity contribution in [2.24, 2.45) is 0 Å². The molecule has 0 rings (SSSR count). The third-order valence-corrected chi connectivity index (χ3v) is 1.52. The van der Waals surface area contributed by atoms with Gasteiger partial charge in [0.05, 0.1) is 27.1 Å². The van der Waals surface area contributed by atoms with E-state index < -0.39 is 23.3 Å². The lowest BCUT2D eigenvalue weighted by Crippen LogP contribution is -2.53. The Morgan fingerprint density at radius 2 is 2.00 bits per heavy atom. The standard InChI is InChI=1S/C7H14N2O6/c1-9(2,3)4-5(10)6(7(11)12)15-8(13)14/h5-6,10H,4H2,1-3H3. The maximum Gasteiger partial charge on any atom is 0.295 e. The van der Waals surface area contributed by atoms with E-state index in [1.54, 1.807) is 21.1 Å². The summed E-state index contributed by atoms with van der Waals surface area (Å²) >= 11 is 0. The van der Waals surface area contributed by atoms with Gasteiger partial charge in [0.25, 0.3) is 5.09 Å². The molecule has 0 radical (unpaired) electrons. The van der Waals surface area contributed by atoms with E-state index in [9.17, 15) is 25.1 Å². The third kappa shape index (κ3) is 5.81. The van der Waals surface area contributed by atoms with Crippen molar-refractivity contribution in [3.63, 3.8) is 0 Å². The second kappa shape index (κ2) is 4.89. The number of carboxylic acid groups (broad SMARTS) is 1. The number of carboxylic acids is 1. The van der Waals surface area contributed by atoms with E-state index in [1.807, 2.05) is 0 Å². The highest BCUT2D eigenvalue weighted by atomic mass is 17.0. The molecule has 0 aliphatic rings. The van der Waals surface area contributed by atoms with Crippen molar-refractivity contribution in [2.45, 2.75) is 12.2 Å². The smallest absolute Gasteiger partial charge is 0.295 e. The molecule has 88 valence electrons. The zero-order valence-corrected chi connectivity index (χ0v) is 8.74. The first-order valence-corrected chi connectivity index (χ1v) is 4.14. The maximum absolute atomic E-state index is 10.5. The topological polar surface area (TPSA) is 113 Å². The SMILES string of the molecule is C[N+](C)(C)CC(O)C(O[N+](=O)[O-])C(=O)[O-]. The second-order valence-corrected chi connectivity index (χ2v) is 4.11. The van der Waals surface area contributed by atoms with Gasteiger partial charge < -0.3 is 24.3 Å². The number of aliphatic carboxylic acids is 1. The lowest BCUT2D eigenvalue weighted by molar-refractivity contribution is -0.875. The van der Waals surface area contributed by atoms with Gasteiger partial charge in [-0.1, -0.05) is 0 Å². The first-order valence-electron chi connectivity index (χ1n) is 4.14. The molecule has 15 heavy (non-hydrogen) atoms. The van der Waals surface area contributed by atoms with Crippen molar-refractivity contribution in [3.05, 3.63) is 10.1 Å². The molecule has 0 aliphatic heterocycles. The minimum absolute atomic E-state index is 0.00745. The van der Waals surface area contributed by atoms with E-state index in [2.05, 4.69) is 4.84 Å². The Bertz CT molecular complexity index is 248. The fourth-order valence-corrected chi connectivity index (χ4v) is 1.02. The molecule has 8 heteroatoms. The number of hydrogen-bond acceptors (Lipinski definition) is 6. The van der Waals surface area contributed by atoms with Gasteiger partial charge in [-0.05, 0) is 0 Å². The number of hydrogen-bond donors (Lipinski definition) is 1. The van der Waals surface area contributed by atoms with Crippen LogP contribution in [0.25, 0.3) is 0 Å². The summed E-state index contributed by atoms with van der Waals surface area (Å²) in [6.45, 7) is -0.00745. The lowest BCUT2D eigenvalue weighted by atomic mass is 10.2. The van der Waals surface area contributed by atoms with Gasteiger partial charge in [-0.2, -0.15) is 0 Å². The van der Waals surface area contributed by atoms with Crippen LogP contribution in [0, 0.1) is 10.1 Å². The first kappa shape index (κ1) is 13.6. The van der Waals surface area contributed by atoms with E-state index in [0.29, 0.717) is 0 Å². The van der Waals surface area contributed by atoms with E-state index in [1.165, 1.54) is 0 Å². The average molecular weight is 222 g/mol. The predicted octanol–water partition coefficient (Wildman–Crippen LogP) is -2.62. The maximum atomic E-state index is 10.5. The van der Waals surface area contributed by atoms with Gasteiger partial charge in [0.2, 0.25) is 0 Å². The molecular formula is C7H14N2O6. The normalized spacial score (nSPS) is 15.5. The van der Waals surface area contributed by atoms with Gasteiger partial charge in [-0.15, -0.1) is 10.1 Å². The molecule has 0 fully saturated rings. The van der Waals surface area contributed by atoms with Crippen molar-refractivity contribution in [1.82, 2.24) is 0 Å². The number of carbonyl (C=O) groups excluding carboxylic acids is 1. The Balaban J connectivity index is 4.49. The highest BCUT2D eigenvalue weighted by Crippen LogP contribution is 2.04. The van der Waals surface area contributed by atoms with E-state index in [0.717, 1.165) is 0 Å². The van der Waals surface area contributed by atoms with Crippen LogP contribution in [-0.4, -0.2) is 60.5 Å². The number of quaternary nitrogens is 1. The molecule has 0 aliphatic carbocycles. The molecule has 0 saturated carbocycles. The van der Waals surface area contributed by atoms with E-state index >= 15 is 0 Å². The molecule has 0 spiro atoms. The summed E-state index contributed by atoms with van der Waals surface area (Å²) in [5.74, 6) is -1.81. The van der Waals surface area contributed by atoms with E-state index in [-0.39, 0.29) is 11.0 Å². The molecule has 0 aromatic heterocycles. The van der Waals surface area contributed by atoms with Crippen LogP contribution in [0.1, 0.15) is 0 Å². The van der Waals surface area contributed by atoms with Gasteiger partial charge in [0.1, 0.15) is 12.6 Å². The summed E-state index contributed by atoms with van der Waals surface area (Å²) in [7, 11) is 5.09. The number of likely N-dealkylation sites (N-methyl/N-ethyl adjacent to an activating group) is 1. The Labute approximate surface area is 86.4 Å². The van der Waals surface area contributed by atoms with Crippen molar-refractivity contribution in [2.75, 3.05) is 27.7 Å². The predicted molar refractivity (Wildman–Crippen MR) is 45.8 cm³/mol. The number of aliphatic hydroxyl groups is 1. The molecular weight excluding hydrogens is 208 g/mol. The molecule has 0 aromatic carbocycles. The van der Waals surface area contributed by atoms with Crippen molar-refractivity contribution >= 4 is 5.97 Å². The van der Waals surface area contributed by atoms with Gasteiger partial charge in [0, 0.05) is 0 Å². The van der Waals surface area contributed by atoms with Crippen LogP contribution in [0.2, 0.25) is 0 Å². The first-order chi connectivity index (χ1) is 6.63. The number of nitrogens with zero attached hydrogens (tertiary/aromatic N) is 2. The van der Waals surface area contributed by atoms with Crippen LogP contribution in [0.3, 0.4) is 0 Å². The van der Waals surface area contributed by atoms with Crippen molar-refractivity contribution in [1.29, 1.82) is 0 Å². The molecule has 0 saturated heterocycles. The number of aliphatic hydroxyl groups excluding tert-OH is 1. The minimum Gasteiger partial charge on any atom is -0.548 e. The molecule has 2 unspecified atom stereocenters. The van der Waals surface area contributed by atoms with Gasteiger partial charge in [-0.25, -0.2) is 0 Å². The zero-order chi connectivity index (χ0) is 12.2. The van der Waals surface area contributed by atoms with Gasteiger partial charge in [0.15, 0.2) is 6.10 Å². The fraction of sp³-hybridized carbons (Fsp3) is 0.857. The zero-order valence-electron chi connectivity index (χ0n) is 8.74. The van der Waals surface area contributed by atoms with Crippen LogP contribution >= 0.6 is 0 Å². The molecule has 0 amide bonds. The molecule has 8 nitrogen and oxygen atoms in total. The van der Waals surface area contributed by atoms with Gasteiger partial charge >= 0.3 is 0 Å². The summed E-state index contributed by atoms with van der Waals surface area (Å²) in [5, 5.41) is 28.5. The summed E-state index contributed by atoms with van der Waals surface area (Å²) in [4.78, 5) is 24.2. The molecule has 1 N–H and O–H groups in total. The van der Waals surface area contributed by atoms with Crippen LogP contribution < -0.4 is 5.11 Å². The fourth-order valence-electron chi connectivity index (χ4n) is 1.02. The van der Waals surface area contributed by atoms with Crippen molar-refractivity contribution < 1.29 is 29.4 Å². The summed E-state index contributed by atoms with van der Waals surface area (Å²) in [6, 6.07) is 0. The molecule has 0 bridgehead atoms. The summed E-state index contributed by atoms with van der Waals surface area (Å²) in [5.41, 5.74) is 0. The van der Waals surface area contributed by atoms with Crippen LogP contribution in [0.15, 0.2) is 0 Å². The molecule has 0 aromatic rings. The quantitative estimate of drug-likeness (QED) is 0.299. The lowest BCUT2D eigenvalue weighted by Gasteiger charge is -2.30. The monoisotopic (exact) mass is 222 g/mol. The molecule has 0 heterocycles. The largest absolute Gasteiger partial charge is 0.548 e. The minimum atomic E-state index is -1.96. The van der Waals surface area contributed by atoms with Gasteiger partial charge in [-0.3, -0.25) is 0 Å². The third-order valence-electron chi connectivity index (χ3n) is 1.52. The highest BCUT2D eigenvalue weighted by molar-refractivity contribution is 5.70. The second-order valence-electron chi connectivity index (χ2n) is 4.11. The van der Waals surface area contributed by atoms with E-state index in [4.69, 9.17) is 0 Å². The Morgan fingerprint density at radius 1 is 1.53 bits per heavy atom. The Kier molecular flexibility index (Phi) is 4.43. The summed E-state index contributed by atoms with van der Waals surface area (Å²) in [6.07, 6.45) is -3.46. The Hall–Kier alpha value is -1.41. The van der Waals surface area contributed by atoms with Crippen molar-refractivity contribution in [3.8, 4) is 0 Å². The molecule has 2 atom stereocenters. The summed E-state index contributed by atoms with van der Waals surface area (Å²) < 4.78 is 0.242. The number of rotatable bonds is 6. The average Bonchev–Trinajstić information content (AvgIpc) is 1.95. The van der Waals surface area contributed by atoms with Crippen LogP contribution in [0.5, 0.6) is 0 Å². The Morgan fingerprint density at radius 3 is 2.27 bits per heavy atom. The highest BCUT2D eigenvalue weighted by Gasteiger charge is 2.29. The van der Waals surface area contributed by atoms with Crippen LogP contribution in [0.4, 0.5) is 0 Å². The van der Waals surface area contributed by atoms with Crippen LogP contribution in [-0.2, 0) is 9.63 Å². The number of carbonyl (C=O) groups is 1.